The van der Waals surface area contributed by atoms with E-state index in [4.69, 9.17) is 18.6 Å². The van der Waals surface area contributed by atoms with Crippen molar-refractivity contribution in [3.05, 3.63) is 30.1 Å². The van der Waals surface area contributed by atoms with E-state index in [1.54, 1.807) is 0 Å². The summed E-state index contributed by atoms with van der Waals surface area (Å²) < 4.78 is 36.4. The standard InChI is InChI=1S/C15H26N.ClHO4/c1-3-5-7-8-11-15-12-9-10-14-16(15)13-6-4-2;2-1(3,4)5/h9-10,12,14H,3-8,11,13H2,1-2H3;(H,2,3,4,5)/q+1;/p-1. The van der Waals surface area contributed by atoms with Crippen LogP contribution >= 0.6 is 0 Å². The Kier molecular flexibility index (Phi) is 11.5. The minimum atomic E-state index is -4.94. The highest BCUT2D eigenvalue weighted by molar-refractivity contribution is 4.97. The topological polar surface area (TPSA) is 96.1 Å². The highest BCUT2D eigenvalue weighted by atomic mass is 35.7. The molecule has 0 spiro atoms. The van der Waals surface area contributed by atoms with Crippen LogP contribution in [0.15, 0.2) is 24.4 Å². The Bertz CT molecular complexity index is 363. The fraction of sp³-hybridized carbons (Fsp3) is 0.667. The number of hydrogen-bond donors (Lipinski definition) is 0. The monoisotopic (exact) mass is 319 g/mol. The molecule has 0 aromatic carbocycles. The third-order valence-corrected chi connectivity index (χ3v) is 3.07. The van der Waals surface area contributed by atoms with Crippen LogP contribution in [-0.2, 0) is 13.0 Å². The number of halogens is 1. The molecule has 0 aliphatic heterocycles. The van der Waals surface area contributed by atoms with Crippen molar-refractivity contribution in [3.8, 4) is 0 Å². The molecule has 0 fully saturated rings. The minimum absolute atomic E-state index is 1.18. The van der Waals surface area contributed by atoms with E-state index in [1.807, 2.05) is 0 Å². The average Bonchev–Trinajstić information content (AvgIpc) is 2.40. The van der Waals surface area contributed by atoms with Crippen molar-refractivity contribution in [1.82, 2.24) is 0 Å². The molecule has 0 aliphatic carbocycles. The highest BCUT2D eigenvalue weighted by Gasteiger charge is 2.07. The van der Waals surface area contributed by atoms with Crippen molar-refractivity contribution in [2.45, 2.75) is 65.3 Å². The quantitative estimate of drug-likeness (QED) is 0.460. The molecule has 1 aromatic rings. The Morgan fingerprint density at radius 2 is 1.52 bits per heavy atom. The van der Waals surface area contributed by atoms with Crippen molar-refractivity contribution < 1.29 is 33.4 Å². The molecule has 0 atom stereocenters. The molecule has 0 aliphatic rings. The van der Waals surface area contributed by atoms with Gasteiger partial charge in [0.25, 0.3) is 0 Å². The molecule has 0 unspecified atom stereocenters. The van der Waals surface area contributed by atoms with Gasteiger partial charge in [0, 0.05) is 25.0 Å². The van der Waals surface area contributed by atoms with Crippen molar-refractivity contribution in [3.63, 3.8) is 0 Å². The Hall–Kier alpha value is -0.720. The molecule has 21 heavy (non-hydrogen) atoms. The number of hydrogen-bond acceptors (Lipinski definition) is 4. The van der Waals surface area contributed by atoms with Crippen LogP contribution in [0.25, 0.3) is 0 Å². The smallest absolute Gasteiger partial charge is 0.181 e. The molecule has 122 valence electrons. The van der Waals surface area contributed by atoms with E-state index in [0.29, 0.717) is 0 Å². The van der Waals surface area contributed by atoms with Gasteiger partial charge in [0.15, 0.2) is 11.9 Å². The molecular formula is C15H26ClNO4. The van der Waals surface area contributed by atoms with Crippen LogP contribution < -0.4 is 23.2 Å². The van der Waals surface area contributed by atoms with Crippen LogP contribution in [0.1, 0.15) is 58.1 Å². The molecule has 0 radical (unpaired) electrons. The molecule has 0 amide bonds. The lowest BCUT2D eigenvalue weighted by Gasteiger charge is -2.17. The number of nitrogens with zero attached hydrogens (tertiary/aromatic N) is 1. The van der Waals surface area contributed by atoms with E-state index in [1.165, 1.54) is 57.2 Å². The van der Waals surface area contributed by atoms with Crippen molar-refractivity contribution in [1.29, 1.82) is 0 Å². The zero-order chi connectivity index (χ0) is 16.1. The summed E-state index contributed by atoms with van der Waals surface area (Å²) in [6.45, 7) is 5.70. The molecule has 6 heteroatoms. The molecule has 0 saturated heterocycles. The van der Waals surface area contributed by atoms with Gasteiger partial charge in [0.2, 0.25) is 0 Å². The van der Waals surface area contributed by atoms with Gasteiger partial charge in [-0.1, -0.05) is 45.6 Å². The van der Waals surface area contributed by atoms with Gasteiger partial charge in [-0.15, -0.1) is 10.2 Å². The molecule has 1 rings (SSSR count). The van der Waals surface area contributed by atoms with Crippen LogP contribution in [0.4, 0.5) is 0 Å². The summed E-state index contributed by atoms with van der Waals surface area (Å²) in [5.41, 5.74) is 1.51. The third-order valence-electron chi connectivity index (χ3n) is 3.07. The van der Waals surface area contributed by atoms with Crippen LogP contribution in [0.2, 0.25) is 0 Å². The fourth-order valence-corrected chi connectivity index (χ4v) is 2.02. The van der Waals surface area contributed by atoms with Crippen molar-refractivity contribution >= 4 is 0 Å². The minimum Gasteiger partial charge on any atom is -0.222 e. The first-order chi connectivity index (χ1) is 9.88. The van der Waals surface area contributed by atoms with Gasteiger partial charge in [-0.05, 0) is 6.42 Å². The summed E-state index contributed by atoms with van der Waals surface area (Å²) in [6.07, 6.45) is 11.4. The lowest BCUT2D eigenvalue weighted by Crippen LogP contribution is -2.68. The lowest BCUT2D eigenvalue weighted by molar-refractivity contribution is -2.00. The largest absolute Gasteiger partial charge is 0.222 e. The lowest BCUT2D eigenvalue weighted by atomic mass is 10.1. The first-order valence-corrected chi connectivity index (χ1v) is 8.71. The summed E-state index contributed by atoms with van der Waals surface area (Å²) >= 11 is 0. The second-order valence-corrected chi connectivity index (χ2v) is 5.68. The number of aryl methyl sites for hydroxylation is 2. The predicted octanol–water partition coefficient (Wildman–Crippen LogP) is -0.859. The zero-order valence-electron chi connectivity index (χ0n) is 12.9. The van der Waals surface area contributed by atoms with Crippen molar-refractivity contribution in [2.24, 2.45) is 0 Å². The van der Waals surface area contributed by atoms with Crippen molar-refractivity contribution in [2.75, 3.05) is 0 Å². The molecule has 1 heterocycles. The molecule has 0 bridgehead atoms. The normalized spacial score (nSPS) is 11.0. The Morgan fingerprint density at radius 3 is 2.10 bits per heavy atom. The molecule has 0 N–H and O–H groups in total. The van der Waals surface area contributed by atoms with E-state index in [-0.39, 0.29) is 0 Å². The summed E-state index contributed by atoms with van der Waals surface area (Å²) in [4.78, 5) is 0. The van der Waals surface area contributed by atoms with Crippen LogP contribution in [-0.4, -0.2) is 0 Å². The Morgan fingerprint density at radius 1 is 0.905 bits per heavy atom. The molecule has 5 nitrogen and oxygen atoms in total. The van der Waals surface area contributed by atoms with E-state index < -0.39 is 10.2 Å². The third kappa shape index (κ3) is 14.0. The van der Waals surface area contributed by atoms with Gasteiger partial charge in [0.05, 0.1) is 0 Å². The second kappa shape index (κ2) is 11.9. The summed E-state index contributed by atoms with van der Waals surface area (Å²) in [5.74, 6) is 0. The van der Waals surface area contributed by atoms with E-state index in [2.05, 4.69) is 42.8 Å². The fourth-order valence-electron chi connectivity index (χ4n) is 2.02. The predicted molar refractivity (Wildman–Crippen MR) is 69.4 cm³/mol. The average molecular weight is 320 g/mol. The number of aromatic nitrogens is 1. The van der Waals surface area contributed by atoms with Crippen LogP contribution in [0, 0.1) is 10.2 Å². The number of pyridine rings is 1. The van der Waals surface area contributed by atoms with Gasteiger partial charge < -0.3 is 0 Å². The molecular weight excluding hydrogens is 294 g/mol. The number of rotatable bonds is 8. The maximum absolute atomic E-state index is 8.49. The summed E-state index contributed by atoms with van der Waals surface area (Å²) in [7, 11) is -4.94. The Labute approximate surface area is 129 Å². The van der Waals surface area contributed by atoms with Gasteiger partial charge in [0.1, 0.15) is 6.54 Å². The van der Waals surface area contributed by atoms with Gasteiger partial charge in [-0.3, -0.25) is 0 Å². The van der Waals surface area contributed by atoms with E-state index in [9.17, 15) is 0 Å². The van der Waals surface area contributed by atoms with Gasteiger partial charge in [-0.2, -0.15) is 0 Å². The summed E-state index contributed by atoms with van der Waals surface area (Å²) in [5, 5.41) is 0. The maximum atomic E-state index is 8.49. The highest BCUT2D eigenvalue weighted by Crippen LogP contribution is 2.04. The molecule has 1 aromatic heterocycles. The van der Waals surface area contributed by atoms with E-state index >= 15 is 0 Å². The maximum Gasteiger partial charge on any atom is 0.181 e. The Balaban J connectivity index is 0.000000690. The first kappa shape index (κ1) is 20.3. The van der Waals surface area contributed by atoms with Gasteiger partial charge >= 0.3 is 0 Å². The van der Waals surface area contributed by atoms with Gasteiger partial charge in [-0.25, -0.2) is 23.2 Å². The van der Waals surface area contributed by atoms with Crippen LogP contribution in [0.3, 0.4) is 0 Å². The first-order valence-electron chi connectivity index (χ1n) is 7.47. The summed E-state index contributed by atoms with van der Waals surface area (Å²) in [6, 6.07) is 6.59. The van der Waals surface area contributed by atoms with E-state index in [0.717, 1.165) is 0 Å². The molecule has 0 saturated carbocycles. The second-order valence-electron chi connectivity index (χ2n) is 4.93. The van der Waals surface area contributed by atoms with Crippen LogP contribution in [0.5, 0.6) is 0 Å². The number of unbranched alkanes of at least 4 members (excludes halogenated alkanes) is 4. The SMILES string of the molecule is CCCCCCc1cccc[n+]1CCCC.[O-][Cl+3]([O-])([O-])[O-]. The zero-order valence-corrected chi connectivity index (χ0v) is 13.7.